The molecule has 0 aliphatic carbocycles. The lowest BCUT2D eigenvalue weighted by molar-refractivity contribution is 0.0117. The second-order valence-corrected chi connectivity index (χ2v) is 10.0. The number of piperazine rings is 1. The molecule has 2 rings (SSSR count). The van der Waals surface area contributed by atoms with Crippen molar-refractivity contribution >= 4 is 35.8 Å². The van der Waals surface area contributed by atoms with Crippen molar-refractivity contribution < 1.29 is 9.53 Å². The van der Waals surface area contributed by atoms with E-state index in [-0.39, 0.29) is 12.1 Å². The lowest BCUT2D eigenvalue weighted by Gasteiger charge is -2.40. The van der Waals surface area contributed by atoms with Crippen LogP contribution in [0.4, 0.5) is 4.79 Å². The number of amidine groups is 1. The third kappa shape index (κ3) is 9.67. The van der Waals surface area contributed by atoms with Crippen molar-refractivity contribution in [3.63, 3.8) is 0 Å². The largest absolute Gasteiger partial charge is 0.444 e. The molecule has 200 valence electrons. The van der Waals surface area contributed by atoms with Gasteiger partial charge in [-0.3, -0.25) is 14.9 Å². The average Bonchev–Trinajstić information content (AvgIpc) is 2.83. The Kier molecular flexibility index (Phi) is 11.8. The Morgan fingerprint density at radius 1 is 1.24 bits per heavy atom. The van der Waals surface area contributed by atoms with Gasteiger partial charge in [0.05, 0.1) is 24.1 Å². The molecule has 1 atom stereocenters. The van der Waals surface area contributed by atoms with E-state index in [1.165, 1.54) is 0 Å². The highest BCUT2D eigenvalue weighted by Crippen LogP contribution is 2.34. The van der Waals surface area contributed by atoms with Crippen molar-refractivity contribution in [2.45, 2.75) is 46.3 Å². The molecular formula is C29H40ClN5O2. The third-order valence-electron chi connectivity index (χ3n) is 5.56. The highest BCUT2D eigenvalue weighted by atomic mass is 35.5. The van der Waals surface area contributed by atoms with Gasteiger partial charge in [0, 0.05) is 37.4 Å². The van der Waals surface area contributed by atoms with Gasteiger partial charge in [0.2, 0.25) is 0 Å². The van der Waals surface area contributed by atoms with Gasteiger partial charge in [-0.1, -0.05) is 49.1 Å². The molecule has 1 aliphatic heterocycles. The molecule has 1 N–H and O–H groups in total. The molecule has 0 bridgehead atoms. The van der Waals surface area contributed by atoms with Gasteiger partial charge < -0.3 is 15.0 Å². The van der Waals surface area contributed by atoms with Gasteiger partial charge in [0.25, 0.3) is 0 Å². The fourth-order valence-electron chi connectivity index (χ4n) is 4.01. The van der Waals surface area contributed by atoms with Crippen LogP contribution in [0.5, 0.6) is 0 Å². The maximum atomic E-state index is 12.6. The average molecular weight is 526 g/mol. The Labute approximate surface area is 226 Å². The molecule has 1 fully saturated rings. The zero-order valence-electron chi connectivity index (χ0n) is 22.7. The summed E-state index contributed by atoms with van der Waals surface area (Å²) in [5.41, 5.74) is 2.39. The van der Waals surface area contributed by atoms with E-state index in [9.17, 15) is 4.79 Å². The van der Waals surface area contributed by atoms with E-state index in [0.717, 1.165) is 22.7 Å². The first kappa shape index (κ1) is 30.1. The van der Waals surface area contributed by atoms with Gasteiger partial charge in [0.1, 0.15) is 5.60 Å². The fourth-order valence-corrected chi connectivity index (χ4v) is 4.19. The first-order valence-electron chi connectivity index (χ1n) is 12.5. The lowest BCUT2D eigenvalue weighted by atomic mass is 9.95. The number of rotatable bonds is 9. The Hall–Kier alpha value is -3.16. The number of allylic oxidation sites excluding steroid dienone is 2. The van der Waals surface area contributed by atoms with Crippen molar-refractivity contribution in [1.29, 1.82) is 0 Å². The van der Waals surface area contributed by atoms with Crippen LogP contribution in [0.15, 0.2) is 71.5 Å². The number of ether oxygens (including phenoxy) is 1. The van der Waals surface area contributed by atoms with E-state index >= 15 is 0 Å². The van der Waals surface area contributed by atoms with Crippen molar-refractivity contribution in [2.75, 3.05) is 32.7 Å². The van der Waals surface area contributed by atoms with Crippen LogP contribution in [0.1, 0.15) is 51.8 Å². The van der Waals surface area contributed by atoms with E-state index in [4.69, 9.17) is 21.3 Å². The molecule has 1 heterocycles. The summed E-state index contributed by atoms with van der Waals surface area (Å²) in [6, 6.07) is 5.75. The summed E-state index contributed by atoms with van der Waals surface area (Å²) in [6.07, 6.45) is 10.8. The first-order chi connectivity index (χ1) is 17.6. The standard InChI is InChI=1S/C29H40ClN5O2/c1-8-12-26(32-10-3)27(34-17-19-35(20-18-34)28(36)37-29(5,6)7)25-15-14-24(30)21-23(25)13-11-16-33-22(4)31-9-2/h8-15,21,27H,1-2,16-20H2,3-7H3,(H,31,33)/b13-11+,26-12-,32-10?. The van der Waals surface area contributed by atoms with Crippen LogP contribution < -0.4 is 5.32 Å². The van der Waals surface area contributed by atoms with Gasteiger partial charge in [0.15, 0.2) is 0 Å². The molecule has 0 spiro atoms. The number of nitrogens with one attached hydrogen (secondary N) is 1. The molecule has 1 amide bonds. The molecule has 8 heteroatoms. The molecule has 1 aromatic carbocycles. The minimum Gasteiger partial charge on any atom is -0.444 e. The van der Waals surface area contributed by atoms with Gasteiger partial charge in [-0.2, -0.15) is 0 Å². The number of benzene rings is 1. The van der Waals surface area contributed by atoms with Crippen LogP contribution in [-0.4, -0.2) is 66.3 Å². The summed E-state index contributed by atoms with van der Waals surface area (Å²) >= 11 is 6.41. The summed E-state index contributed by atoms with van der Waals surface area (Å²) < 4.78 is 5.58. The number of amides is 1. The first-order valence-corrected chi connectivity index (χ1v) is 12.8. The van der Waals surface area contributed by atoms with Crippen LogP contribution in [0.3, 0.4) is 0 Å². The van der Waals surface area contributed by atoms with Crippen LogP contribution in [0.2, 0.25) is 5.02 Å². The summed E-state index contributed by atoms with van der Waals surface area (Å²) in [6.45, 7) is 20.0. The van der Waals surface area contributed by atoms with Gasteiger partial charge in [-0.15, -0.1) is 0 Å². The normalized spacial score (nSPS) is 16.8. The third-order valence-corrected chi connectivity index (χ3v) is 5.80. The topological polar surface area (TPSA) is 69.5 Å². The maximum absolute atomic E-state index is 12.6. The van der Waals surface area contributed by atoms with Crippen molar-refractivity contribution in [1.82, 2.24) is 15.1 Å². The number of halogens is 1. The Morgan fingerprint density at radius 3 is 2.54 bits per heavy atom. The van der Waals surface area contributed by atoms with E-state index in [0.29, 0.717) is 37.7 Å². The molecule has 0 saturated carbocycles. The zero-order chi connectivity index (χ0) is 27.4. The summed E-state index contributed by atoms with van der Waals surface area (Å²) in [7, 11) is 0. The number of aliphatic imine (C=N–C) groups is 2. The number of carbonyl (C=O) groups excluding carboxylic acids is 1. The fraction of sp³-hybridized carbons (Fsp3) is 0.414. The van der Waals surface area contributed by atoms with E-state index < -0.39 is 5.60 Å². The Morgan fingerprint density at radius 2 is 1.95 bits per heavy atom. The minimum atomic E-state index is -0.526. The van der Waals surface area contributed by atoms with E-state index in [1.807, 2.05) is 71.0 Å². The van der Waals surface area contributed by atoms with E-state index in [2.05, 4.69) is 28.4 Å². The lowest BCUT2D eigenvalue weighted by Crippen LogP contribution is -2.51. The number of carbonyl (C=O) groups is 1. The summed E-state index contributed by atoms with van der Waals surface area (Å²) in [5, 5.41) is 3.63. The van der Waals surface area contributed by atoms with Gasteiger partial charge >= 0.3 is 6.09 Å². The maximum Gasteiger partial charge on any atom is 0.410 e. The Balaban J connectivity index is 2.39. The van der Waals surface area contributed by atoms with Crippen LogP contribution in [0, 0.1) is 0 Å². The van der Waals surface area contributed by atoms with Gasteiger partial charge in [-0.05, 0) is 70.2 Å². The smallest absolute Gasteiger partial charge is 0.410 e. The van der Waals surface area contributed by atoms with Gasteiger partial charge in [-0.25, -0.2) is 4.79 Å². The molecule has 0 aromatic heterocycles. The molecule has 37 heavy (non-hydrogen) atoms. The second-order valence-electron chi connectivity index (χ2n) is 9.57. The molecule has 7 nitrogen and oxygen atoms in total. The minimum absolute atomic E-state index is 0.153. The monoisotopic (exact) mass is 525 g/mol. The highest BCUT2D eigenvalue weighted by Gasteiger charge is 2.32. The molecule has 1 unspecified atom stereocenters. The molecule has 1 saturated heterocycles. The SMILES string of the molecule is C=C/C=C(\N=CC)C(c1ccc(Cl)cc1/C=C/CN=C(C)NC=C)N1CCN(C(=O)OC(C)(C)C)CC1. The Bertz CT molecular complexity index is 1060. The molecule has 1 aromatic rings. The summed E-state index contributed by atoms with van der Waals surface area (Å²) in [4.78, 5) is 25.9. The van der Waals surface area contributed by atoms with Crippen LogP contribution in [-0.2, 0) is 4.74 Å². The molecule has 0 radical (unpaired) electrons. The van der Waals surface area contributed by atoms with Crippen LogP contribution in [0.25, 0.3) is 6.08 Å². The predicted octanol–water partition coefficient (Wildman–Crippen LogP) is 6.26. The van der Waals surface area contributed by atoms with E-state index in [1.54, 1.807) is 23.4 Å². The van der Waals surface area contributed by atoms with Crippen molar-refractivity contribution in [3.05, 3.63) is 77.6 Å². The number of hydrogen-bond donors (Lipinski definition) is 1. The second kappa shape index (κ2) is 14.5. The quantitative estimate of drug-likeness (QED) is 0.235. The molecule has 1 aliphatic rings. The molecular weight excluding hydrogens is 486 g/mol. The number of hydrogen-bond acceptors (Lipinski definition) is 5. The predicted molar refractivity (Wildman–Crippen MR) is 156 cm³/mol. The van der Waals surface area contributed by atoms with Crippen molar-refractivity contribution in [3.8, 4) is 0 Å². The van der Waals surface area contributed by atoms with Crippen molar-refractivity contribution in [2.24, 2.45) is 9.98 Å². The highest BCUT2D eigenvalue weighted by molar-refractivity contribution is 6.30. The zero-order valence-corrected chi connectivity index (χ0v) is 23.5. The summed E-state index contributed by atoms with van der Waals surface area (Å²) in [5.74, 6) is 0.792. The van der Waals surface area contributed by atoms with Crippen LogP contribution >= 0.6 is 11.6 Å². The number of nitrogens with zero attached hydrogens (tertiary/aromatic N) is 4.